The topological polar surface area (TPSA) is 24.7 Å². The standard InChI is InChI=1S/2C3H2N.2Bi.2ClH.Zr.2H/c2*1-2-3-4;;;;;;;/h2*1-2H;;;2*1H;;;/q2*-1;2*+1;;;+2;;/p-2. The minimum atomic E-state index is -0.582. The van der Waals surface area contributed by atoms with Gasteiger partial charge in [-0.25, -0.2) is 0 Å². The van der Waals surface area contributed by atoms with E-state index in [2.05, 4.69) is 25.6 Å². The van der Waals surface area contributed by atoms with Crippen LogP contribution < -0.4 is 24.8 Å². The molecule has 2 heterocycles. The molecule has 0 aromatic carbocycles. The Labute approximate surface area is 125 Å². The van der Waals surface area contributed by atoms with E-state index in [-0.39, 0.29) is 24.8 Å². The SMILES string of the molecule is [CH]1=C[C]([Zr+2][C]2=[N][BiH][CH]=C2)=[N][BiH]1.[Cl-].[Cl-]. The molecule has 2 rings (SSSR count). The normalized spacial score (nSPS) is 16.9. The molecule has 0 aromatic rings. The third-order valence-electron chi connectivity index (χ3n) is 1.26. The molecular formula is C6H6Bi2Cl2N2Zr. The molecular weight excluding hydrogens is 680 g/mol. The van der Waals surface area contributed by atoms with E-state index in [1.807, 2.05) is 0 Å². The van der Waals surface area contributed by atoms with Crippen molar-refractivity contribution in [3.05, 3.63) is 19.7 Å². The second-order valence-electron chi connectivity index (χ2n) is 2.04. The Morgan fingerprint density at radius 2 is 1.38 bits per heavy atom. The molecule has 0 amide bonds. The number of hydrogen-bond acceptors (Lipinski definition) is 2. The van der Waals surface area contributed by atoms with Crippen LogP contribution in [0.4, 0.5) is 0 Å². The molecule has 13 heavy (non-hydrogen) atoms. The van der Waals surface area contributed by atoms with Gasteiger partial charge < -0.3 is 24.8 Å². The van der Waals surface area contributed by atoms with Crippen molar-refractivity contribution in [3.63, 3.8) is 0 Å². The van der Waals surface area contributed by atoms with Crippen molar-refractivity contribution in [2.45, 2.75) is 0 Å². The first-order valence-electron chi connectivity index (χ1n) is 3.22. The van der Waals surface area contributed by atoms with Crippen molar-refractivity contribution in [1.82, 2.24) is 0 Å². The summed E-state index contributed by atoms with van der Waals surface area (Å²) in [5, 5.41) is 0. The van der Waals surface area contributed by atoms with Gasteiger partial charge in [-0.3, -0.25) is 0 Å². The van der Waals surface area contributed by atoms with E-state index in [9.17, 15) is 0 Å². The van der Waals surface area contributed by atoms with Gasteiger partial charge in [-0.2, -0.15) is 0 Å². The van der Waals surface area contributed by atoms with Crippen molar-refractivity contribution in [1.29, 1.82) is 0 Å². The van der Waals surface area contributed by atoms with E-state index in [4.69, 9.17) is 0 Å². The second-order valence-corrected chi connectivity index (χ2v) is 11.5. The summed E-state index contributed by atoms with van der Waals surface area (Å²) in [5.41, 5.74) is 0. The molecule has 2 nitrogen and oxygen atoms in total. The van der Waals surface area contributed by atoms with Crippen LogP contribution in [0, 0.1) is 0 Å². The smallest absolute Gasteiger partial charge is 1.00 e. The van der Waals surface area contributed by atoms with E-state index in [0.29, 0.717) is 0 Å². The van der Waals surface area contributed by atoms with Crippen LogP contribution in [-0.2, 0) is 23.2 Å². The molecule has 2 aliphatic heterocycles. The fourth-order valence-electron chi connectivity index (χ4n) is 0.791. The molecule has 0 bridgehead atoms. The van der Waals surface area contributed by atoms with Gasteiger partial charge in [-0.05, 0) is 0 Å². The summed E-state index contributed by atoms with van der Waals surface area (Å²) in [6.45, 7) is 0. The predicted octanol–water partition coefficient (Wildman–Crippen LogP) is -6.37. The first kappa shape index (κ1) is 15.0. The van der Waals surface area contributed by atoms with Crippen molar-refractivity contribution in [3.8, 4) is 0 Å². The molecule has 0 saturated carbocycles. The number of halogens is 2. The van der Waals surface area contributed by atoms with Crippen LogP contribution in [0.15, 0.2) is 25.6 Å². The number of hydrogen-bond donors (Lipinski definition) is 0. The van der Waals surface area contributed by atoms with Gasteiger partial charge in [0.15, 0.2) is 0 Å². The van der Waals surface area contributed by atoms with Crippen LogP contribution in [0.2, 0.25) is 0 Å². The number of rotatable bonds is 2. The van der Waals surface area contributed by atoms with Crippen LogP contribution >= 0.6 is 0 Å². The van der Waals surface area contributed by atoms with Crippen molar-refractivity contribution >= 4 is 53.9 Å². The van der Waals surface area contributed by atoms with Gasteiger partial charge >= 0.3 is 103 Å². The number of nitrogens with zero attached hydrogens (tertiary/aromatic N) is 2. The molecule has 7 heteroatoms. The Kier molecular flexibility index (Phi) is 9.53. The summed E-state index contributed by atoms with van der Waals surface area (Å²) in [4.78, 5) is 0. The van der Waals surface area contributed by atoms with Gasteiger partial charge in [0.1, 0.15) is 0 Å². The van der Waals surface area contributed by atoms with Gasteiger partial charge in [-0.1, -0.05) is 0 Å². The van der Waals surface area contributed by atoms with Crippen LogP contribution in [0.3, 0.4) is 0 Å². The molecule has 0 atom stereocenters. The summed E-state index contributed by atoms with van der Waals surface area (Å²) < 4.78 is 16.7. The van der Waals surface area contributed by atoms with Crippen molar-refractivity contribution in [2.75, 3.05) is 0 Å². The van der Waals surface area contributed by atoms with Crippen molar-refractivity contribution in [2.24, 2.45) is 5.87 Å². The zero-order chi connectivity index (χ0) is 7.52. The molecule has 0 fully saturated rings. The summed E-state index contributed by atoms with van der Waals surface area (Å²) in [6.07, 6.45) is 4.52. The zero-order valence-corrected chi connectivity index (χ0v) is 18.2. The maximum absolute atomic E-state index is 4.58. The first-order chi connectivity index (χ1) is 5.45. The van der Waals surface area contributed by atoms with Crippen LogP contribution in [0.5, 0.6) is 0 Å². The third-order valence-corrected chi connectivity index (χ3v) is 13.5. The molecule has 0 saturated heterocycles. The average molecular weight is 686 g/mol. The maximum atomic E-state index is 4.58. The van der Waals surface area contributed by atoms with Crippen molar-refractivity contribution < 1.29 is 48.0 Å². The van der Waals surface area contributed by atoms with E-state index in [1.54, 1.807) is 0 Å². The summed E-state index contributed by atoms with van der Waals surface area (Å²) in [7, 11) is 0. The molecule has 0 spiro atoms. The summed E-state index contributed by atoms with van der Waals surface area (Å²) in [6, 6.07) is 0. The molecule has 68 valence electrons. The number of allylic oxidation sites excluding steroid dienone is 2. The molecule has 0 radical (unpaired) electrons. The van der Waals surface area contributed by atoms with E-state index in [1.165, 1.54) is 6.84 Å². The Hall–Kier alpha value is 2.05. The molecule has 0 aliphatic carbocycles. The first-order valence-corrected chi connectivity index (χ1v) is 13.6. The van der Waals surface area contributed by atoms with Gasteiger partial charge in [0.25, 0.3) is 0 Å². The molecule has 0 unspecified atom stereocenters. The largest absolute Gasteiger partial charge is 1.00 e. The average Bonchev–Trinajstić information content (AvgIpc) is 2.60. The van der Waals surface area contributed by atoms with Gasteiger partial charge in [0.2, 0.25) is 0 Å². The second kappa shape index (κ2) is 8.23. The Balaban J connectivity index is 0.000000720. The maximum Gasteiger partial charge on any atom is -1.00 e. The predicted molar refractivity (Wildman–Crippen MR) is 47.4 cm³/mol. The molecule has 2 aliphatic rings. The van der Waals surface area contributed by atoms with Crippen LogP contribution in [-0.4, -0.2) is 53.9 Å². The van der Waals surface area contributed by atoms with Gasteiger partial charge in [0.05, 0.1) is 0 Å². The minimum absolute atomic E-state index is 0. The quantitative estimate of drug-likeness (QED) is 0.259. The Morgan fingerprint density at radius 3 is 1.69 bits per heavy atom. The van der Waals surface area contributed by atoms with E-state index >= 15 is 0 Å². The van der Waals surface area contributed by atoms with Gasteiger partial charge in [-0.15, -0.1) is 0 Å². The van der Waals surface area contributed by atoms with Gasteiger partial charge in [0, 0.05) is 0 Å². The fraction of sp³-hybridized carbons (Fsp3) is 0. The summed E-state index contributed by atoms with van der Waals surface area (Å²) >= 11 is -1.65. The zero-order valence-electron chi connectivity index (χ0n) is 6.46. The molecule has 0 N–H and O–H groups in total. The summed E-state index contributed by atoms with van der Waals surface area (Å²) in [5.74, 6) is 0. The Morgan fingerprint density at radius 1 is 0.923 bits per heavy atom. The van der Waals surface area contributed by atoms with Crippen LogP contribution in [0.1, 0.15) is 0 Å². The monoisotopic (exact) mass is 684 g/mol. The third kappa shape index (κ3) is 5.07. The molecule has 0 aromatic heterocycles. The minimum Gasteiger partial charge on any atom is -1.00 e. The van der Waals surface area contributed by atoms with E-state index in [0.717, 1.165) is 0 Å². The fourth-order valence-corrected chi connectivity index (χ4v) is 15.1. The van der Waals surface area contributed by atoms with Crippen LogP contribution in [0.25, 0.3) is 0 Å². The van der Waals surface area contributed by atoms with E-state index < -0.39 is 70.3 Å². The Bertz CT molecular complexity index is 260.